The van der Waals surface area contributed by atoms with E-state index in [0.29, 0.717) is 27.8 Å². The summed E-state index contributed by atoms with van der Waals surface area (Å²) in [5, 5.41) is 13.0. The first-order valence-electron chi connectivity index (χ1n) is 9.97. The molecule has 0 saturated carbocycles. The molecular weight excluding hydrogens is 522 g/mol. The highest BCUT2D eigenvalue weighted by molar-refractivity contribution is 9.10. The van der Waals surface area contributed by atoms with Crippen molar-refractivity contribution >= 4 is 62.5 Å². The molecule has 1 fully saturated rings. The van der Waals surface area contributed by atoms with E-state index in [2.05, 4.69) is 21.2 Å². The van der Waals surface area contributed by atoms with Gasteiger partial charge in [-0.2, -0.15) is 5.26 Å². The number of hydrogen-bond donors (Lipinski definition) is 1. The quantitative estimate of drug-likeness (QED) is 0.312. The third-order valence-corrected chi connectivity index (χ3v) is 6.96. The summed E-state index contributed by atoms with van der Waals surface area (Å²) in [6, 6.07) is 25.4. The molecule has 33 heavy (non-hydrogen) atoms. The Kier molecular flexibility index (Phi) is 7.19. The van der Waals surface area contributed by atoms with Crippen LogP contribution in [0.25, 0.3) is 0 Å². The van der Waals surface area contributed by atoms with Gasteiger partial charge in [-0.1, -0.05) is 69.6 Å². The minimum Gasteiger partial charge on any atom is -0.321 e. The molecule has 1 aliphatic heterocycles. The summed E-state index contributed by atoms with van der Waals surface area (Å²) in [7, 11) is 0. The summed E-state index contributed by atoms with van der Waals surface area (Å²) >= 11 is 10.7. The number of nitrogens with zero attached hydrogens (tertiary/aromatic N) is 2. The molecule has 1 N–H and O–H groups in total. The lowest BCUT2D eigenvalue weighted by Gasteiger charge is -2.18. The number of hydrogen-bond acceptors (Lipinski definition) is 4. The number of nitriles is 1. The number of halogens is 2. The van der Waals surface area contributed by atoms with Crippen LogP contribution in [0.1, 0.15) is 5.56 Å². The molecule has 4 rings (SSSR count). The van der Waals surface area contributed by atoms with Gasteiger partial charge in [-0.15, -0.1) is 0 Å². The summed E-state index contributed by atoms with van der Waals surface area (Å²) in [4.78, 5) is 27.9. The first-order chi connectivity index (χ1) is 16.0. The molecule has 1 aliphatic rings. The molecule has 1 unspecified atom stereocenters. The van der Waals surface area contributed by atoms with Crippen molar-refractivity contribution in [2.24, 2.45) is 0 Å². The van der Waals surface area contributed by atoms with Gasteiger partial charge in [0.05, 0.1) is 5.25 Å². The first-order valence-corrected chi connectivity index (χ1v) is 12.0. The second kappa shape index (κ2) is 10.3. The van der Waals surface area contributed by atoms with Crippen LogP contribution >= 0.6 is 39.3 Å². The molecule has 0 aliphatic carbocycles. The highest BCUT2D eigenvalue weighted by Crippen LogP contribution is 2.42. The Balaban J connectivity index is 1.71. The van der Waals surface area contributed by atoms with Crippen LogP contribution in [0.3, 0.4) is 0 Å². The van der Waals surface area contributed by atoms with Crippen LogP contribution in [0.5, 0.6) is 0 Å². The summed E-state index contributed by atoms with van der Waals surface area (Å²) in [5.41, 5.74) is 1.93. The zero-order valence-electron chi connectivity index (χ0n) is 17.2. The molecule has 1 atom stereocenters. The maximum absolute atomic E-state index is 13.4. The Bertz CT molecular complexity index is 1270. The molecule has 164 valence electrons. The van der Waals surface area contributed by atoms with E-state index in [9.17, 15) is 14.9 Å². The van der Waals surface area contributed by atoms with Gasteiger partial charge in [0, 0.05) is 20.9 Å². The molecule has 2 amide bonds. The van der Waals surface area contributed by atoms with E-state index in [0.717, 1.165) is 10.0 Å². The van der Waals surface area contributed by atoms with Gasteiger partial charge >= 0.3 is 0 Å². The maximum Gasteiger partial charge on any atom is 0.269 e. The summed E-state index contributed by atoms with van der Waals surface area (Å²) < 4.78 is 0.871. The van der Waals surface area contributed by atoms with Crippen molar-refractivity contribution in [2.75, 3.05) is 10.2 Å². The predicted octanol–water partition coefficient (Wildman–Crippen LogP) is 6.17. The lowest BCUT2D eigenvalue weighted by molar-refractivity contribution is -0.117. The van der Waals surface area contributed by atoms with Crippen molar-refractivity contribution < 1.29 is 9.59 Å². The molecule has 0 spiro atoms. The minimum atomic E-state index is -0.570. The number of amides is 2. The first kappa shape index (κ1) is 23.1. The summed E-state index contributed by atoms with van der Waals surface area (Å²) in [5.74, 6) is -0.759. The number of carbonyl (C=O) groups is 2. The van der Waals surface area contributed by atoms with E-state index in [-0.39, 0.29) is 11.5 Å². The molecule has 8 heteroatoms. The van der Waals surface area contributed by atoms with E-state index in [4.69, 9.17) is 11.6 Å². The fourth-order valence-corrected chi connectivity index (χ4v) is 5.19. The minimum absolute atomic E-state index is 0.117. The normalized spacial score (nSPS) is 16.9. The van der Waals surface area contributed by atoms with E-state index >= 15 is 0 Å². The van der Waals surface area contributed by atoms with Crippen LogP contribution in [-0.4, -0.2) is 17.1 Å². The van der Waals surface area contributed by atoms with E-state index in [1.807, 2.05) is 42.5 Å². The van der Waals surface area contributed by atoms with Crippen LogP contribution in [0, 0.1) is 11.3 Å². The number of thioether (sulfide) groups is 1. The SMILES string of the molecule is N#C/C(C(=O)Nc1ccc(Br)cc1)=C1/SC(Cc2cccc(Cl)c2)C(=O)N1c1ccccc1. The lowest BCUT2D eigenvalue weighted by Crippen LogP contribution is -2.30. The topological polar surface area (TPSA) is 73.2 Å². The van der Waals surface area contributed by atoms with Crippen molar-refractivity contribution in [3.05, 3.63) is 105 Å². The summed E-state index contributed by atoms with van der Waals surface area (Å²) in [6.07, 6.45) is 0.421. The fourth-order valence-electron chi connectivity index (χ4n) is 3.40. The standard InChI is InChI=1S/C25H17BrClN3O2S/c26-17-9-11-19(12-10-17)29-23(31)21(15-28)25-30(20-7-2-1-3-8-20)24(32)22(33-25)14-16-5-4-6-18(27)13-16/h1-13,22H,14H2,(H,29,31)/b25-21-. The van der Waals surface area contributed by atoms with Crippen molar-refractivity contribution in [3.63, 3.8) is 0 Å². The Morgan fingerprint density at radius 2 is 1.82 bits per heavy atom. The highest BCUT2D eigenvalue weighted by atomic mass is 79.9. The molecule has 3 aromatic rings. The Labute approximate surface area is 209 Å². The summed E-state index contributed by atoms with van der Waals surface area (Å²) in [6.45, 7) is 0. The third-order valence-electron chi connectivity index (χ3n) is 4.93. The van der Waals surface area contributed by atoms with Crippen molar-refractivity contribution in [2.45, 2.75) is 11.7 Å². The number of anilines is 2. The number of benzene rings is 3. The third kappa shape index (κ3) is 5.31. The van der Waals surface area contributed by atoms with Gasteiger partial charge in [0.15, 0.2) is 0 Å². The van der Waals surface area contributed by atoms with Crippen LogP contribution < -0.4 is 10.2 Å². The zero-order valence-corrected chi connectivity index (χ0v) is 20.3. The van der Waals surface area contributed by atoms with Crippen LogP contribution in [-0.2, 0) is 16.0 Å². The van der Waals surface area contributed by atoms with Crippen molar-refractivity contribution in [1.29, 1.82) is 5.26 Å². The maximum atomic E-state index is 13.4. The van der Waals surface area contributed by atoms with Gasteiger partial charge in [0.1, 0.15) is 16.7 Å². The lowest BCUT2D eigenvalue weighted by atomic mass is 10.1. The van der Waals surface area contributed by atoms with Gasteiger partial charge in [-0.3, -0.25) is 14.5 Å². The smallest absolute Gasteiger partial charge is 0.269 e. The van der Waals surface area contributed by atoms with E-state index in [1.54, 1.807) is 42.5 Å². The Morgan fingerprint density at radius 1 is 1.09 bits per heavy atom. The van der Waals surface area contributed by atoms with E-state index in [1.165, 1.54) is 16.7 Å². The van der Waals surface area contributed by atoms with Crippen LogP contribution in [0.4, 0.5) is 11.4 Å². The Morgan fingerprint density at radius 3 is 2.48 bits per heavy atom. The molecule has 1 heterocycles. The molecule has 0 radical (unpaired) electrons. The van der Waals surface area contributed by atoms with Crippen molar-refractivity contribution in [3.8, 4) is 6.07 Å². The number of para-hydroxylation sites is 1. The largest absolute Gasteiger partial charge is 0.321 e. The average Bonchev–Trinajstić information content (AvgIpc) is 3.12. The van der Waals surface area contributed by atoms with E-state index < -0.39 is 11.2 Å². The van der Waals surface area contributed by atoms with Gasteiger partial charge in [0.25, 0.3) is 5.91 Å². The second-order valence-corrected chi connectivity index (χ2v) is 9.75. The van der Waals surface area contributed by atoms with Gasteiger partial charge < -0.3 is 5.32 Å². The molecule has 1 saturated heterocycles. The molecule has 0 bridgehead atoms. The number of rotatable bonds is 5. The monoisotopic (exact) mass is 537 g/mol. The predicted molar refractivity (Wildman–Crippen MR) is 136 cm³/mol. The average molecular weight is 539 g/mol. The molecule has 0 aromatic heterocycles. The highest BCUT2D eigenvalue weighted by Gasteiger charge is 2.40. The second-order valence-electron chi connectivity index (χ2n) is 7.20. The molecule has 5 nitrogen and oxygen atoms in total. The van der Waals surface area contributed by atoms with Crippen LogP contribution in [0.15, 0.2) is 93.9 Å². The van der Waals surface area contributed by atoms with Crippen molar-refractivity contribution in [1.82, 2.24) is 0 Å². The number of nitrogens with one attached hydrogen (secondary N) is 1. The van der Waals surface area contributed by atoms with Gasteiger partial charge in [0.2, 0.25) is 5.91 Å². The fraction of sp³-hybridized carbons (Fsp3) is 0.0800. The number of carbonyl (C=O) groups excluding carboxylic acids is 2. The molecular formula is C25H17BrClN3O2S. The van der Waals surface area contributed by atoms with Gasteiger partial charge in [-0.05, 0) is 60.5 Å². The van der Waals surface area contributed by atoms with Crippen LogP contribution in [0.2, 0.25) is 5.02 Å². The molecule has 3 aromatic carbocycles. The zero-order chi connectivity index (χ0) is 23.4. The van der Waals surface area contributed by atoms with Gasteiger partial charge in [-0.25, -0.2) is 0 Å². The Hall–Kier alpha value is -3.05.